The van der Waals surface area contributed by atoms with E-state index in [0.717, 1.165) is 4.90 Å². The molecule has 35 heavy (non-hydrogen) atoms. The van der Waals surface area contributed by atoms with E-state index < -0.39 is 57.9 Å². The second kappa shape index (κ2) is 10.4. The van der Waals surface area contributed by atoms with E-state index in [1.165, 1.54) is 4.90 Å². The summed E-state index contributed by atoms with van der Waals surface area (Å²) in [5.41, 5.74) is 4.01. The molecule has 0 aromatic heterocycles. The first-order valence-corrected chi connectivity index (χ1v) is 12.4. The Bertz CT molecular complexity index is 987. The third kappa shape index (κ3) is 6.59. The molecule has 0 aromatic rings. The van der Waals surface area contributed by atoms with Crippen molar-refractivity contribution in [1.29, 1.82) is 0 Å². The first kappa shape index (κ1) is 26.7. The van der Waals surface area contributed by atoms with Gasteiger partial charge in [-0.15, -0.1) is 0 Å². The van der Waals surface area contributed by atoms with Crippen LogP contribution < -0.4 is 10.9 Å². The van der Waals surface area contributed by atoms with Crippen molar-refractivity contribution in [2.24, 2.45) is 11.0 Å². The third-order valence-corrected chi connectivity index (χ3v) is 6.30. The summed E-state index contributed by atoms with van der Waals surface area (Å²) in [5.74, 6) is -1.68. The van der Waals surface area contributed by atoms with Gasteiger partial charge in [-0.3, -0.25) is 4.79 Å². The van der Waals surface area contributed by atoms with E-state index in [-0.39, 0.29) is 25.9 Å². The zero-order valence-corrected chi connectivity index (χ0v) is 20.4. The second-order valence-corrected chi connectivity index (χ2v) is 10.5. The van der Waals surface area contributed by atoms with Gasteiger partial charge in [-0.05, 0) is 33.6 Å². The maximum absolute atomic E-state index is 12.7. The fourth-order valence-corrected chi connectivity index (χ4v) is 4.67. The molecular weight excluding hydrogens is 487 g/mol. The molecule has 0 saturated carbocycles. The van der Waals surface area contributed by atoms with Gasteiger partial charge in [0.15, 0.2) is 0 Å². The van der Waals surface area contributed by atoms with Crippen molar-refractivity contribution in [1.82, 2.24) is 25.7 Å². The SMILES string of the molecule is [B]=NOS(=O)(=O)ON1C(=O)N2C[C@H]1CC[C@H]2C(=O)NNC(=O)[C@@H]1CCCN(C(=O)OC(C)(C)C)C1. The smallest absolute Gasteiger partial charge is 0.444 e. The van der Waals surface area contributed by atoms with Gasteiger partial charge in [0.1, 0.15) is 5.60 Å². The summed E-state index contributed by atoms with van der Waals surface area (Å²) in [4.78, 5) is 52.8. The van der Waals surface area contributed by atoms with Crippen molar-refractivity contribution in [3.63, 3.8) is 0 Å². The summed E-state index contributed by atoms with van der Waals surface area (Å²) in [7, 11) is -0.0199. The molecular formula is C18H28BN6O9S. The molecule has 0 spiro atoms. The summed E-state index contributed by atoms with van der Waals surface area (Å²) in [6, 6.07) is -2.44. The molecule has 5 amide bonds. The van der Waals surface area contributed by atoms with Crippen LogP contribution in [0.3, 0.4) is 0 Å². The number of ether oxygens (including phenoxy) is 1. The Hall–Kier alpha value is -2.95. The molecule has 0 aromatic carbocycles. The molecule has 3 fully saturated rings. The first-order valence-electron chi connectivity index (χ1n) is 11.0. The van der Waals surface area contributed by atoms with Gasteiger partial charge in [-0.2, -0.15) is 0 Å². The fraction of sp³-hybridized carbons (Fsp3) is 0.778. The van der Waals surface area contributed by atoms with E-state index in [1.54, 1.807) is 20.8 Å². The van der Waals surface area contributed by atoms with Crippen LogP contribution in [0.4, 0.5) is 9.59 Å². The molecule has 0 unspecified atom stereocenters. The van der Waals surface area contributed by atoms with Gasteiger partial charge in [0.2, 0.25) is 0 Å². The van der Waals surface area contributed by atoms with Gasteiger partial charge in [-0.1, -0.05) is 0 Å². The van der Waals surface area contributed by atoms with Gasteiger partial charge >= 0.3 is 126 Å². The molecule has 3 saturated heterocycles. The zero-order chi connectivity index (χ0) is 26.0. The summed E-state index contributed by atoms with van der Waals surface area (Å²) >= 11 is 0. The molecule has 0 aliphatic carbocycles. The number of carbonyl (C=O) groups is 4. The monoisotopic (exact) mass is 515 g/mol. The van der Waals surface area contributed by atoms with Crippen molar-refractivity contribution in [2.75, 3.05) is 19.6 Å². The number of hydrogen-bond acceptors (Lipinski definition) is 10. The van der Waals surface area contributed by atoms with Crippen LogP contribution >= 0.6 is 0 Å². The molecule has 17 heteroatoms. The molecule has 2 N–H and O–H groups in total. The van der Waals surface area contributed by atoms with E-state index in [4.69, 9.17) is 4.74 Å². The normalized spacial score (nSPS) is 24.6. The summed E-state index contributed by atoms with van der Waals surface area (Å²) in [6.45, 7) is 5.89. The number of nitrogens with zero attached hydrogens (tertiary/aromatic N) is 4. The van der Waals surface area contributed by atoms with Crippen molar-refractivity contribution in [2.45, 2.75) is 64.1 Å². The van der Waals surface area contributed by atoms with Crippen LogP contribution in [-0.2, 0) is 33.3 Å². The molecule has 3 atom stereocenters. The van der Waals surface area contributed by atoms with Crippen LogP contribution in [0.15, 0.2) is 5.06 Å². The Kier molecular flexibility index (Phi) is 7.88. The van der Waals surface area contributed by atoms with E-state index in [1.807, 2.05) is 0 Å². The molecule has 193 valence electrons. The number of piperidine rings is 2. The fourth-order valence-electron chi connectivity index (χ4n) is 4.16. The Labute approximate surface area is 203 Å². The number of hydrogen-bond donors (Lipinski definition) is 2. The van der Waals surface area contributed by atoms with Crippen LogP contribution in [0.2, 0.25) is 0 Å². The van der Waals surface area contributed by atoms with Crippen LogP contribution in [0.5, 0.6) is 0 Å². The quantitative estimate of drug-likeness (QED) is 0.349. The minimum atomic E-state index is -4.69. The number of carbonyl (C=O) groups excluding carboxylic acids is 4. The van der Waals surface area contributed by atoms with Crippen molar-refractivity contribution >= 4 is 42.0 Å². The Morgan fingerprint density at radius 2 is 1.77 bits per heavy atom. The molecule has 3 aliphatic heterocycles. The van der Waals surface area contributed by atoms with Crippen molar-refractivity contribution in [3.05, 3.63) is 0 Å². The molecule has 3 heterocycles. The van der Waals surface area contributed by atoms with E-state index in [9.17, 15) is 27.6 Å². The number of nitrogens with one attached hydrogen (secondary N) is 2. The summed E-state index contributed by atoms with van der Waals surface area (Å²) in [5, 5.41) is 3.11. The number of amides is 5. The van der Waals surface area contributed by atoms with Gasteiger partial charge in [0.25, 0.3) is 0 Å². The zero-order valence-electron chi connectivity index (χ0n) is 19.6. The van der Waals surface area contributed by atoms with E-state index in [0.29, 0.717) is 24.4 Å². The Morgan fingerprint density at radius 1 is 1.09 bits per heavy atom. The van der Waals surface area contributed by atoms with Gasteiger partial charge in [0.05, 0.1) is 5.92 Å². The number of urea groups is 1. The van der Waals surface area contributed by atoms with E-state index in [2.05, 4.69) is 32.1 Å². The molecule has 2 bridgehead atoms. The minimum Gasteiger partial charge on any atom is -0.444 e. The van der Waals surface area contributed by atoms with Crippen LogP contribution in [0.1, 0.15) is 46.5 Å². The summed E-state index contributed by atoms with van der Waals surface area (Å²) < 4.78 is 37.1. The first-order chi connectivity index (χ1) is 16.3. The third-order valence-electron chi connectivity index (χ3n) is 5.68. The number of hydroxylamine groups is 2. The predicted molar refractivity (Wildman–Crippen MR) is 117 cm³/mol. The average Bonchev–Trinajstić information content (AvgIpc) is 3.00. The van der Waals surface area contributed by atoms with Crippen LogP contribution in [0, 0.1) is 5.92 Å². The van der Waals surface area contributed by atoms with Crippen molar-refractivity contribution in [3.8, 4) is 0 Å². The Morgan fingerprint density at radius 3 is 2.43 bits per heavy atom. The molecule has 3 aliphatic rings. The van der Waals surface area contributed by atoms with Gasteiger partial charge in [0, 0.05) is 13.1 Å². The number of likely N-dealkylation sites (tertiary alicyclic amines) is 1. The predicted octanol–water partition coefficient (Wildman–Crippen LogP) is -0.490. The van der Waals surface area contributed by atoms with E-state index >= 15 is 0 Å². The number of fused-ring (bicyclic) bond motifs is 2. The van der Waals surface area contributed by atoms with Gasteiger partial charge < -0.3 is 9.64 Å². The molecule has 15 nitrogen and oxygen atoms in total. The van der Waals surface area contributed by atoms with Crippen LogP contribution in [-0.4, -0.2) is 92.2 Å². The van der Waals surface area contributed by atoms with Crippen molar-refractivity contribution < 1.29 is 40.9 Å². The average molecular weight is 515 g/mol. The second-order valence-electron chi connectivity index (χ2n) is 9.41. The summed E-state index contributed by atoms with van der Waals surface area (Å²) in [6.07, 6.45) is 1.07. The number of rotatable bonds is 6. The molecule has 1 radical (unpaired) electrons. The van der Waals surface area contributed by atoms with Crippen LogP contribution in [0.25, 0.3) is 0 Å². The molecule has 3 rings (SSSR count). The minimum absolute atomic E-state index is 0.0353. The number of hydrazine groups is 1. The standard InChI is InChI=1S/C18H28BN6O9S/c1-18(2,3)32-17(29)23-8-4-5-11(9-23)14(26)20-21-15(27)13-7-6-12-10-24(13)16(28)25(12)34-35(30,31)33-22-19/h11-13H,4-10H2,1-3H3,(H,20,26)(H,21,27)/t11-,12-,13+/m1/s1. The Balaban J connectivity index is 1.52. The van der Waals surface area contributed by atoms with Gasteiger partial charge in [-0.25, -0.2) is 4.79 Å². The topological polar surface area (TPSA) is 176 Å². The maximum atomic E-state index is 12.7.